The molecule has 0 bridgehead atoms. The molecule has 35 heavy (non-hydrogen) atoms. The van der Waals surface area contributed by atoms with Gasteiger partial charge in [0, 0.05) is 39.9 Å². The van der Waals surface area contributed by atoms with Crippen molar-refractivity contribution in [1.82, 2.24) is 10.3 Å². The number of hydrogen-bond acceptors (Lipinski definition) is 4. The molecule has 2 aromatic carbocycles. The van der Waals surface area contributed by atoms with Gasteiger partial charge in [0.25, 0.3) is 5.91 Å². The molecule has 2 aromatic heterocycles. The first-order valence-corrected chi connectivity index (χ1v) is 12.6. The molecule has 4 nitrogen and oxygen atoms in total. The van der Waals surface area contributed by atoms with Crippen LogP contribution < -0.4 is 5.32 Å². The molecule has 0 saturated heterocycles. The number of carbonyl (C=O) groups is 1. The Balaban J connectivity index is 1.55. The smallest absolute Gasteiger partial charge is 0.257 e. The molecule has 1 aliphatic carbocycles. The van der Waals surface area contributed by atoms with E-state index in [0.717, 1.165) is 25.3 Å². The first-order chi connectivity index (χ1) is 16.9. The Morgan fingerprint density at radius 3 is 2.60 bits per heavy atom. The number of furan rings is 1. The van der Waals surface area contributed by atoms with Crippen molar-refractivity contribution in [2.45, 2.75) is 37.1 Å². The van der Waals surface area contributed by atoms with Gasteiger partial charge in [-0.2, -0.15) is 0 Å². The fraction of sp³-hybridized carbons (Fsp3) is 0.259. The van der Waals surface area contributed by atoms with Gasteiger partial charge in [0.1, 0.15) is 34.3 Å². The Bertz CT molecular complexity index is 1440. The summed E-state index contributed by atoms with van der Waals surface area (Å²) in [5.41, 5.74) is 0.931. The molecule has 0 spiro atoms. The summed E-state index contributed by atoms with van der Waals surface area (Å²) in [6, 6.07) is 10.2. The van der Waals surface area contributed by atoms with Gasteiger partial charge in [-0.1, -0.05) is 6.92 Å². The number of aromatic nitrogens is 1. The van der Waals surface area contributed by atoms with E-state index in [0.29, 0.717) is 33.2 Å². The van der Waals surface area contributed by atoms with Crippen LogP contribution in [0.3, 0.4) is 0 Å². The molecule has 1 N–H and O–H groups in total. The molecule has 5 rings (SSSR count). The summed E-state index contributed by atoms with van der Waals surface area (Å²) < 4.78 is 50.5. The number of rotatable bonds is 5. The van der Waals surface area contributed by atoms with Crippen molar-refractivity contribution in [2.75, 3.05) is 6.26 Å². The molecule has 1 aliphatic rings. The molecule has 1 fully saturated rings. The topological polar surface area (TPSA) is 55.1 Å². The Morgan fingerprint density at radius 2 is 1.89 bits per heavy atom. The fourth-order valence-corrected chi connectivity index (χ4v) is 5.13. The highest BCUT2D eigenvalue weighted by Crippen LogP contribution is 2.37. The Kier molecular flexibility index (Phi) is 6.32. The van der Waals surface area contributed by atoms with Crippen LogP contribution in [-0.4, -0.2) is 23.2 Å². The van der Waals surface area contributed by atoms with Gasteiger partial charge in [0.05, 0.1) is 0 Å². The maximum Gasteiger partial charge on any atom is 0.257 e. The number of nitrogens with zero attached hydrogens (tertiary/aromatic N) is 1. The van der Waals surface area contributed by atoms with Crippen LogP contribution >= 0.6 is 11.8 Å². The molecular formula is C27H23F3N2O2S. The van der Waals surface area contributed by atoms with E-state index in [-0.39, 0.29) is 23.0 Å². The molecule has 180 valence electrons. The molecule has 1 amide bonds. The van der Waals surface area contributed by atoms with Crippen molar-refractivity contribution < 1.29 is 22.4 Å². The summed E-state index contributed by atoms with van der Waals surface area (Å²) in [6.07, 6.45) is 5.81. The molecule has 2 atom stereocenters. The number of benzene rings is 2. The lowest BCUT2D eigenvalue weighted by atomic mass is 10.0. The van der Waals surface area contributed by atoms with Gasteiger partial charge in [-0.25, -0.2) is 13.2 Å². The second-order valence-electron chi connectivity index (χ2n) is 8.91. The van der Waals surface area contributed by atoms with Crippen molar-refractivity contribution in [3.8, 4) is 22.5 Å². The zero-order valence-corrected chi connectivity index (χ0v) is 20.0. The van der Waals surface area contributed by atoms with E-state index in [9.17, 15) is 13.6 Å². The van der Waals surface area contributed by atoms with E-state index < -0.39 is 23.1 Å². The SMILES string of the molecule is CSc1ccc(-c2cc3nccc(-c4ccc(F)c(C(=O)NC5CCC(C)C5)c4F)c3o2)cc1F. The van der Waals surface area contributed by atoms with Crippen LogP contribution in [0.25, 0.3) is 33.6 Å². The highest BCUT2D eigenvalue weighted by molar-refractivity contribution is 7.98. The molecule has 0 aliphatic heterocycles. The van der Waals surface area contributed by atoms with Crippen molar-refractivity contribution in [3.63, 3.8) is 0 Å². The number of pyridine rings is 1. The lowest BCUT2D eigenvalue weighted by molar-refractivity contribution is 0.0929. The minimum absolute atomic E-state index is 0.0218. The minimum Gasteiger partial charge on any atom is -0.454 e. The minimum atomic E-state index is -0.964. The third kappa shape index (κ3) is 4.43. The van der Waals surface area contributed by atoms with Gasteiger partial charge in [-0.15, -0.1) is 11.8 Å². The summed E-state index contributed by atoms with van der Waals surface area (Å²) in [6.45, 7) is 2.09. The number of halogens is 3. The number of carbonyl (C=O) groups excluding carboxylic acids is 1. The van der Waals surface area contributed by atoms with E-state index in [1.165, 1.54) is 30.1 Å². The summed E-state index contributed by atoms with van der Waals surface area (Å²) in [5.74, 6) is -2.21. The molecule has 8 heteroatoms. The molecule has 4 aromatic rings. The van der Waals surface area contributed by atoms with Gasteiger partial charge in [0.2, 0.25) is 0 Å². The largest absolute Gasteiger partial charge is 0.454 e. The van der Waals surface area contributed by atoms with Crippen LogP contribution in [0.1, 0.15) is 36.5 Å². The lowest BCUT2D eigenvalue weighted by Gasteiger charge is -2.15. The third-order valence-electron chi connectivity index (χ3n) is 6.49. The predicted octanol–water partition coefficient (Wildman–Crippen LogP) is 7.22. The normalized spacial score (nSPS) is 17.7. The van der Waals surface area contributed by atoms with Gasteiger partial charge in [0.15, 0.2) is 5.58 Å². The van der Waals surface area contributed by atoms with E-state index in [1.54, 1.807) is 30.5 Å². The van der Waals surface area contributed by atoms with Gasteiger partial charge in [-0.05, 0) is 67.8 Å². The van der Waals surface area contributed by atoms with Crippen molar-refractivity contribution >= 4 is 28.8 Å². The zero-order valence-electron chi connectivity index (χ0n) is 19.2. The zero-order chi connectivity index (χ0) is 24.7. The average Bonchev–Trinajstić information content (AvgIpc) is 3.45. The predicted molar refractivity (Wildman–Crippen MR) is 131 cm³/mol. The van der Waals surface area contributed by atoms with Crippen molar-refractivity contribution in [2.24, 2.45) is 5.92 Å². The monoisotopic (exact) mass is 496 g/mol. The lowest BCUT2D eigenvalue weighted by Crippen LogP contribution is -2.34. The fourth-order valence-electron chi connectivity index (χ4n) is 4.68. The quantitative estimate of drug-likeness (QED) is 0.297. The van der Waals surface area contributed by atoms with Crippen LogP contribution in [0.4, 0.5) is 13.2 Å². The Hall–Kier alpha value is -3.26. The Morgan fingerprint density at radius 1 is 1.06 bits per heavy atom. The highest BCUT2D eigenvalue weighted by Gasteiger charge is 2.28. The van der Waals surface area contributed by atoms with Gasteiger partial charge < -0.3 is 9.73 Å². The number of thioether (sulfide) groups is 1. The molecule has 1 saturated carbocycles. The van der Waals surface area contributed by atoms with Gasteiger partial charge in [-0.3, -0.25) is 9.78 Å². The second kappa shape index (κ2) is 9.41. The van der Waals surface area contributed by atoms with E-state index in [4.69, 9.17) is 4.42 Å². The summed E-state index contributed by atoms with van der Waals surface area (Å²) in [5, 5.41) is 2.77. The van der Waals surface area contributed by atoms with Crippen LogP contribution in [0, 0.1) is 23.4 Å². The van der Waals surface area contributed by atoms with E-state index >= 15 is 4.39 Å². The second-order valence-corrected chi connectivity index (χ2v) is 9.75. The van der Waals surface area contributed by atoms with E-state index in [1.807, 2.05) is 0 Å². The van der Waals surface area contributed by atoms with E-state index in [2.05, 4.69) is 17.2 Å². The highest BCUT2D eigenvalue weighted by atomic mass is 32.2. The van der Waals surface area contributed by atoms with Crippen LogP contribution in [-0.2, 0) is 0 Å². The van der Waals surface area contributed by atoms with Gasteiger partial charge >= 0.3 is 0 Å². The summed E-state index contributed by atoms with van der Waals surface area (Å²) in [4.78, 5) is 17.6. The van der Waals surface area contributed by atoms with Crippen LogP contribution in [0.5, 0.6) is 0 Å². The number of nitrogens with one attached hydrogen (secondary N) is 1. The molecule has 0 radical (unpaired) electrons. The van der Waals surface area contributed by atoms with Crippen LogP contribution in [0.2, 0.25) is 0 Å². The number of hydrogen-bond donors (Lipinski definition) is 1. The maximum absolute atomic E-state index is 15.6. The Labute approximate surface area is 204 Å². The average molecular weight is 497 g/mol. The summed E-state index contributed by atoms with van der Waals surface area (Å²) in [7, 11) is 0. The maximum atomic E-state index is 15.6. The standard InChI is InChI=1S/C27H23F3N2O2S/c1-14-3-5-16(11-14)32-27(33)24-19(28)7-6-17(25(24)30)18-9-10-31-21-13-22(34-26(18)21)15-4-8-23(35-2)20(29)12-15/h4,6-10,12-14,16H,3,5,11H2,1-2H3,(H,32,33). The molecular weight excluding hydrogens is 473 g/mol. The van der Waals surface area contributed by atoms with Crippen LogP contribution in [0.15, 0.2) is 58.0 Å². The van der Waals surface area contributed by atoms with Crippen molar-refractivity contribution in [3.05, 3.63) is 71.7 Å². The first kappa shape index (κ1) is 23.5. The van der Waals surface area contributed by atoms with Crippen molar-refractivity contribution in [1.29, 1.82) is 0 Å². The number of amides is 1. The molecule has 2 heterocycles. The third-order valence-corrected chi connectivity index (χ3v) is 7.26. The summed E-state index contributed by atoms with van der Waals surface area (Å²) >= 11 is 1.30. The first-order valence-electron chi connectivity index (χ1n) is 11.4. The molecule has 2 unspecified atom stereocenters. The number of fused-ring (bicyclic) bond motifs is 1.